The first-order chi connectivity index (χ1) is 8.72. The van der Waals surface area contributed by atoms with E-state index in [1.54, 1.807) is 0 Å². The average molecular weight is 245 g/mol. The van der Waals surface area contributed by atoms with Crippen LogP contribution in [0.15, 0.2) is 24.3 Å². The normalized spacial score (nSPS) is 29.2. The van der Waals surface area contributed by atoms with E-state index in [0.717, 1.165) is 11.7 Å². The van der Waals surface area contributed by atoms with Gasteiger partial charge < -0.3 is 10.5 Å². The lowest BCUT2D eigenvalue weighted by molar-refractivity contribution is 0.303. The second kappa shape index (κ2) is 4.93. The highest BCUT2D eigenvalue weighted by atomic mass is 16.5. The second-order valence-corrected chi connectivity index (χ2v) is 6.09. The van der Waals surface area contributed by atoms with E-state index in [1.807, 2.05) is 0 Å². The summed E-state index contributed by atoms with van der Waals surface area (Å²) in [7, 11) is 0. The van der Waals surface area contributed by atoms with Gasteiger partial charge in [-0.1, -0.05) is 25.5 Å². The summed E-state index contributed by atoms with van der Waals surface area (Å²) in [6, 6.07) is 8.64. The molecular weight excluding hydrogens is 222 g/mol. The minimum atomic E-state index is 0.199. The Hall–Kier alpha value is -1.02. The molecule has 3 rings (SSSR count). The van der Waals surface area contributed by atoms with E-state index in [-0.39, 0.29) is 6.04 Å². The van der Waals surface area contributed by atoms with Gasteiger partial charge in [-0.25, -0.2) is 0 Å². The maximum atomic E-state index is 6.39. The summed E-state index contributed by atoms with van der Waals surface area (Å²) >= 11 is 0. The van der Waals surface area contributed by atoms with Crippen LogP contribution in [-0.2, 0) is 0 Å². The molecule has 18 heavy (non-hydrogen) atoms. The molecule has 0 radical (unpaired) electrons. The molecule has 1 aromatic carbocycles. The fourth-order valence-electron chi connectivity index (χ4n) is 3.00. The SMILES string of the molecule is CC1CCC(C(N)c2ccc(OC3CC3)cc2)C1. The van der Waals surface area contributed by atoms with E-state index >= 15 is 0 Å². The molecule has 2 fully saturated rings. The average Bonchev–Trinajstić information content (AvgIpc) is 3.09. The van der Waals surface area contributed by atoms with Gasteiger partial charge in [0.05, 0.1) is 6.10 Å². The molecule has 0 saturated heterocycles. The van der Waals surface area contributed by atoms with Crippen molar-refractivity contribution < 1.29 is 4.74 Å². The van der Waals surface area contributed by atoms with Gasteiger partial charge in [0, 0.05) is 6.04 Å². The van der Waals surface area contributed by atoms with Crippen molar-refractivity contribution in [1.29, 1.82) is 0 Å². The highest BCUT2D eigenvalue weighted by molar-refractivity contribution is 5.30. The van der Waals surface area contributed by atoms with Crippen LogP contribution in [0.5, 0.6) is 5.75 Å². The maximum Gasteiger partial charge on any atom is 0.119 e. The van der Waals surface area contributed by atoms with Crippen LogP contribution in [0.2, 0.25) is 0 Å². The molecule has 0 amide bonds. The van der Waals surface area contributed by atoms with Gasteiger partial charge in [-0.05, 0) is 55.2 Å². The smallest absolute Gasteiger partial charge is 0.119 e. The third-order valence-corrected chi connectivity index (χ3v) is 4.34. The van der Waals surface area contributed by atoms with Gasteiger partial charge in [0.1, 0.15) is 5.75 Å². The van der Waals surface area contributed by atoms with Crippen LogP contribution >= 0.6 is 0 Å². The van der Waals surface area contributed by atoms with Crippen molar-refractivity contribution in [2.24, 2.45) is 17.6 Å². The van der Waals surface area contributed by atoms with Crippen LogP contribution in [0.25, 0.3) is 0 Å². The zero-order chi connectivity index (χ0) is 12.5. The highest BCUT2D eigenvalue weighted by Crippen LogP contribution is 2.38. The van der Waals surface area contributed by atoms with E-state index in [0.29, 0.717) is 12.0 Å². The zero-order valence-corrected chi connectivity index (χ0v) is 11.1. The summed E-state index contributed by atoms with van der Waals surface area (Å²) in [6.45, 7) is 2.33. The first-order valence-corrected chi connectivity index (χ1v) is 7.24. The maximum absolute atomic E-state index is 6.39. The van der Waals surface area contributed by atoms with Gasteiger partial charge in [-0.3, -0.25) is 0 Å². The van der Waals surface area contributed by atoms with Crippen LogP contribution in [0.1, 0.15) is 50.6 Å². The lowest BCUT2D eigenvalue weighted by Gasteiger charge is -2.20. The molecule has 2 heteroatoms. The van der Waals surface area contributed by atoms with Crippen LogP contribution < -0.4 is 10.5 Å². The van der Waals surface area contributed by atoms with Crippen molar-refractivity contribution in [3.8, 4) is 5.75 Å². The molecule has 3 unspecified atom stereocenters. The second-order valence-electron chi connectivity index (χ2n) is 6.09. The van der Waals surface area contributed by atoms with E-state index in [2.05, 4.69) is 31.2 Å². The summed E-state index contributed by atoms with van der Waals surface area (Å²) in [6.07, 6.45) is 6.79. The van der Waals surface area contributed by atoms with Gasteiger partial charge in [0.2, 0.25) is 0 Å². The van der Waals surface area contributed by atoms with Gasteiger partial charge >= 0.3 is 0 Å². The van der Waals surface area contributed by atoms with E-state index in [1.165, 1.54) is 37.7 Å². The third kappa shape index (κ3) is 2.69. The van der Waals surface area contributed by atoms with Crippen molar-refractivity contribution in [3.05, 3.63) is 29.8 Å². The van der Waals surface area contributed by atoms with Crippen LogP contribution in [0, 0.1) is 11.8 Å². The molecule has 1 aromatic rings. The Labute approximate surface area is 110 Å². The lowest BCUT2D eigenvalue weighted by atomic mass is 9.92. The molecule has 3 atom stereocenters. The predicted molar refractivity (Wildman–Crippen MR) is 73.5 cm³/mol. The Morgan fingerprint density at radius 3 is 2.39 bits per heavy atom. The number of ether oxygens (including phenoxy) is 1. The number of nitrogens with two attached hydrogens (primary N) is 1. The highest BCUT2D eigenvalue weighted by Gasteiger charge is 2.27. The van der Waals surface area contributed by atoms with Crippen molar-refractivity contribution in [2.45, 2.75) is 51.2 Å². The van der Waals surface area contributed by atoms with E-state index in [4.69, 9.17) is 10.5 Å². The van der Waals surface area contributed by atoms with Crippen LogP contribution in [0.4, 0.5) is 0 Å². The fraction of sp³-hybridized carbons (Fsp3) is 0.625. The Balaban J connectivity index is 1.63. The standard InChI is InChI=1S/C16H23NO/c1-11-2-3-13(10-11)16(17)12-4-6-14(7-5-12)18-15-8-9-15/h4-7,11,13,15-16H,2-3,8-10,17H2,1H3. The van der Waals surface area contributed by atoms with E-state index in [9.17, 15) is 0 Å². The molecule has 0 bridgehead atoms. The molecule has 0 aliphatic heterocycles. The molecule has 2 aliphatic carbocycles. The molecular formula is C16H23NO. The van der Waals surface area contributed by atoms with Crippen molar-refractivity contribution >= 4 is 0 Å². The van der Waals surface area contributed by atoms with Crippen molar-refractivity contribution in [1.82, 2.24) is 0 Å². The first kappa shape index (κ1) is 12.0. The Morgan fingerprint density at radius 1 is 1.11 bits per heavy atom. The van der Waals surface area contributed by atoms with Gasteiger partial charge in [-0.2, -0.15) is 0 Å². The molecule has 0 heterocycles. The summed E-state index contributed by atoms with van der Waals surface area (Å²) in [5.74, 6) is 2.50. The molecule has 98 valence electrons. The minimum absolute atomic E-state index is 0.199. The third-order valence-electron chi connectivity index (χ3n) is 4.34. The van der Waals surface area contributed by atoms with Crippen molar-refractivity contribution in [3.63, 3.8) is 0 Å². The topological polar surface area (TPSA) is 35.2 Å². The van der Waals surface area contributed by atoms with Gasteiger partial charge in [0.15, 0.2) is 0 Å². The Kier molecular flexibility index (Phi) is 3.29. The largest absolute Gasteiger partial charge is 0.490 e. The molecule has 2 aliphatic rings. The molecule has 0 spiro atoms. The molecule has 2 saturated carbocycles. The van der Waals surface area contributed by atoms with Crippen molar-refractivity contribution in [2.75, 3.05) is 0 Å². The monoisotopic (exact) mass is 245 g/mol. The summed E-state index contributed by atoms with van der Waals surface area (Å²) in [5.41, 5.74) is 7.65. The summed E-state index contributed by atoms with van der Waals surface area (Å²) < 4.78 is 5.76. The first-order valence-electron chi connectivity index (χ1n) is 7.24. The molecule has 2 N–H and O–H groups in total. The number of hydrogen-bond donors (Lipinski definition) is 1. The van der Waals surface area contributed by atoms with Gasteiger partial charge in [0.25, 0.3) is 0 Å². The van der Waals surface area contributed by atoms with E-state index < -0.39 is 0 Å². The Bertz CT molecular complexity index is 396. The number of rotatable bonds is 4. The molecule has 0 aromatic heterocycles. The van der Waals surface area contributed by atoms with Gasteiger partial charge in [-0.15, -0.1) is 0 Å². The number of benzene rings is 1. The quantitative estimate of drug-likeness (QED) is 0.878. The van der Waals surface area contributed by atoms with Crippen LogP contribution in [-0.4, -0.2) is 6.10 Å². The fourth-order valence-corrected chi connectivity index (χ4v) is 3.00. The molecule has 2 nitrogen and oxygen atoms in total. The lowest BCUT2D eigenvalue weighted by Crippen LogP contribution is -2.19. The number of hydrogen-bond acceptors (Lipinski definition) is 2. The zero-order valence-electron chi connectivity index (χ0n) is 11.1. The Morgan fingerprint density at radius 2 is 1.83 bits per heavy atom. The predicted octanol–water partition coefficient (Wildman–Crippen LogP) is 3.66. The summed E-state index contributed by atoms with van der Waals surface area (Å²) in [4.78, 5) is 0. The summed E-state index contributed by atoms with van der Waals surface area (Å²) in [5, 5.41) is 0. The van der Waals surface area contributed by atoms with Crippen LogP contribution in [0.3, 0.4) is 0 Å². The minimum Gasteiger partial charge on any atom is -0.490 e.